The van der Waals surface area contributed by atoms with Crippen LogP contribution in [0.2, 0.25) is 0 Å². The second-order valence-electron chi connectivity index (χ2n) is 6.80. The summed E-state index contributed by atoms with van der Waals surface area (Å²) in [4.78, 5) is 12.8. The lowest BCUT2D eigenvalue weighted by atomic mass is 9.68. The van der Waals surface area contributed by atoms with Gasteiger partial charge in [-0.1, -0.05) is 29.7 Å². The first-order valence-corrected chi connectivity index (χ1v) is 9.11. The Kier molecular flexibility index (Phi) is 4.50. The van der Waals surface area contributed by atoms with Gasteiger partial charge in [0.1, 0.15) is 0 Å². The van der Waals surface area contributed by atoms with Gasteiger partial charge < -0.3 is 0 Å². The van der Waals surface area contributed by atoms with Crippen molar-refractivity contribution in [2.24, 2.45) is 11.3 Å². The number of ketones is 1. The minimum absolute atomic E-state index is 0.0894. The third-order valence-corrected chi connectivity index (χ3v) is 5.18. The second-order valence-corrected chi connectivity index (χ2v) is 8.02. The maximum absolute atomic E-state index is 12.8. The van der Waals surface area contributed by atoms with Gasteiger partial charge in [-0.15, -0.1) is 10.2 Å². The Balaban J connectivity index is 1.98. The van der Waals surface area contributed by atoms with E-state index in [-0.39, 0.29) is 11.2 Å². The van der Waals surface area contributed by atoms with Gasteiger partial charge in [-0.05, 0) is 59.4 Å². The molecule has 0 aliphatic heterocycles. The molecule has 1 aliphatic carbocycles. The van der Waals surface area contributed by atoms with E-state index >= 15 is 0 Å². The minimum atomic E-state index is 0.0894. The van der Waals surface area contributed by atoms with Crippen LogP contribution < -0.4 is 0 Å². The highest BCUT2D eigenvalue weighted by Crippen LogP contribution is 2.41. The molecule has 0 unspecified atom stereocenters. The lowest BCUT2D eigenvalue weighted by Crippen LogP contribution is -2.29. The van der Waals surface area contributed by atoms with Crippen molar-refractivity contribution in [1.29, 1.82) is 0 Å². The van der Waals surface area contributed by atoms with E-state index in [1.54, 1.807) is 0 Å². The van der Waals surface area contributed by atoms with Crippen molar-refractivity contribution in [1.82, 2.24) is 19.2 Å². The standard InChI is InChI=1S/C16H18N4OS2/c1-16(2,3)12-4-10(6-13-8-22-19-17-13)15(21)11(5-12)7-14-9-23-20-18-14/h6-9,12H,4-5H2,1-3H3/b10-6+,11-7+. The third-order valence-electron chi connectivity index (χ3n) is 4.14. The van der Waals surface area contributed by atoms with E-state index in [0.717, 1.165) is 35.4 Å². The van der Waals surface area contributed by atoms with Crippen LogP contribution >= 0.6 is 23.1 Å². The van der Waals surface area contributed by atoms with Crippen LogP contribution in [0.3, 0.4) is 0 Å². The highest BCUT2D eigenvalue weighted by molar-refractivity contribution is 7.03. The third kappa shape index (κ3) is 3.79. The van der Waals surface area contributed by atoms with Crippen LogP contribution in [-0.4, -0.2) is 25.0 Å². The molecule has 1 fully saturated rings. The minimum Gasteiger partial charge on any atom is -0.289 e. The van der Waals surface area contributed by atoms with Crippen molar-refractivity contribution in [2.75, 3.05) is 0 Å². The van der Waals surface area contributed by atoms with Crippen molar-refractivity contribution in [3.63, 3.8) is 0 Å². The summed E-state index contributed by atoms with van der Waals surface area (Å²) in [6.07, 6.45) is 5.28. The van der Waals surface area contributed by atoms with Gasteiger partial charge in [0, 0.05) is 21.9 Å². The van der Waals surface area contributed by atoms with Gasteiger partial charge in [-0.3, -0.25) is 4.79 Å². The summed E-state index contributed by atoms with van der Waals surface area (Å²) in [5.74, 6) is 0.488. The zero-order chi connectivity index (χ0) is 16.4. The summed E-state index contributed by atoms with van der Waals surface area (Å²) in [7, 11) is 0. The molecule has 0 radical (unpaired) electrons. The van der Waals surface area contributed by atoms with Gasteiger partial charge in [0.05, 0.1) is 11.4 Å². The molecule has 23 heavy (non-hydrogen) atoms. The lowest BCUT2D eigenvalue weighted by molar-refractivity contribution is -0.113. The summed E-state index contributed by atoms with van der Waals surface area (Å²) < 4.78 is 7.73. The van der Waals surface area contributed by atoms with Crippen LogP contribution in [0.5, 0.6) is 0 Å². The van der Waals surface area contributed by atoms with Crippen LogP contribution in [0.1, 0.15) is 45.0 Å². The number of nitrogens with zero attached hydrogens (tertiary/aromatic N) is 4. The number of hydrogen-bond donors (Lipinski definition) is 0. The van der Waals surface area contributed by atoms with E-state index in [9.17, 15) is 4.79 Å². The molecule has 0 bridgehead atoms. The van der Waals surface area contributed by atoms with Crippen molar-refractivity contribution in [3.05, 3.63) is 33.3 Å². The number of hydrogen-bond acceptors (Lipinski definition) is 7. The zero-order valence-corrected chi connectivity index (χ0v) is 14.9. The molecule has 0 saturated heterocycles. The molecule has 2 heterocycles. The molecule has 0 N–H and O–H groups in total. The predicted molar refractivity (Wildman–Crippen MR) is 93.0 cm³/mol. The van der Waals surface area contributed by atoms with Crippen molar-refractivity contribution in [2.45, 2.75) is 33.6 Å². The molecule has 3 rings (SSSR count). The Morgan fingerprint density at radius 1 is 1.00 bits per heavy atom. The SMILES string of the molecule is CC(C)(C)C1C/C(=C\c2csnn2)C(=O)/C(=C/c2csnn2)C1. The van der Waals surface area contributed by atoms with Crippen LogP contribution in [0.15, 0.2) is 21.9 Å². The fourth-order valence-corrected chi connectivity index (χ4v) is 3.51. The van der Waals surface area contributed by atoms with Gasteiger partial charge in [-0.25, -0.2) is 0 Å². The van der Waals surface area contributed by atoms with Gasteiger partial charge >= 0.3 is 0 Å². The molecule has 2 aromatic heterocycles. The van der Waals surface area contributed by atoms with E-state index in [4.69, 9.17) is 0 Å². The first-order chi connectivity index (χ1) is 10.9. The molecule has 7 heteroatoms. The number of rotatable bonds is 2. The predicted octanol–water partition coefficient (Wildman–Crippen LogP) is 3.88. The fraction of sp³-hybridized carbons (Fsp3) is 0.438. The van der Waals surface area contributed by atoms with E-state index in [2.05, 4.69) is 39.9 Å². The van der Waals surface area contributed by atoms with Crippen LogP contribution in [0.4, 0.5) is 0 Å². The molecule has 0 aromatic carbocycles. The normalized spacial score (nSPS) is 22.9. The zero-order valence-electron chi connectivity index (χ0n) is 13.3. The number of aromatic nitrogens is 4. The summed E-state index contributed by atoms with van der Waals surface area (Å²) in [6, 6.07) is 0. The van der Waals surface area contributed by atoms with E-state index in [1.165, 1.54) is 23.1 Å². The Morgan fingerprint density at radius 3 is 1.83 bits per heavy atom. The molecule has 5 nitrogen and oxygen atoms in total. The van der Waals surface area contributed by atoms with E-state index in [0.29, 0.717) is 5.92 Å². The number of carbonyl (C=O) groups is 1. The second kappa shape index (κ2) is 6.41. The number of Topliss-reactive ketones (excluding diaryl/α,β-unsaturated/α-hetero) is 1. The van der Waals surface area contributed by atoms with E-state index < -0.39 is 0 Å². The molecule has 1 saturated carbocycles. The highest BCUT2D eigenvalue weighted by Gasteiger charge is 2.34. The molecular weight excluding hydrogens is 328 g/mol. The molecule has 120 valence electrons. The average molecular weight is 346 g/mol. The van der Waals surface area contributed by atoms with Gasteiger partial charge in [-0.2, -0.15) is 0 Å². The van der Waals surface area contributed by atoms with Crippen molar-refractivity contribution in [3.8, 4) is 0 Å². The van der Waals surface area contributed by atoms with E-state index in [1.807, 2.05) is 22.9 Å². The maximum atomic E-state index is 12.8. The molecule has 0 amide bonds. The smallest absolute Gasteiger partial charge is 0.185 e. The summed E-state index contributed by atoms with van der Waals surface area (Å²) in [5.41, 5.74) is 3.24. The van der Waals surface area contributed by atoms with Crippen LogP contribution in [-0.2, 0) is 4.79 Å². The Bertz CT molecular complexity index is 683. The van der Waals surface area contributed by atoms with Crippen molar-refractivity contribution < 1.29 is 4.79 Å². The number of carbonyl (C=O) groups excluding carboxylic acids is 1. The maximum Gasteiger partial charge on any atom is 0.185 e. The Labute approximate surface area is 143 Å². The Morgan fingerprint density at radius 2 is 1.48 bits per heavy atom. The van der Waals surface area contributed by atoms with Crippen LogP contribution in [0, 0.1) is 11.3 Å². The fourth-order valence-electron chi connectivity index (χ4n) is 2.68. The van der Waals surface area contributed by atoms with Crippen LogP contribution in [0.25, 0.3) is 12.2 Å². The number of allylic oxidation sites excluding steroid dienone is 2. The van der Waals surface area contributed by atoms with Gasteiger partial charge in [0.15, 0.2) is 5.78 Å². The topological polar surface area (TPSA) is 68.6 Å². The molecular formula is C16H18N4OS2. The summed E-state index contributed by atoms with van der Waals surface area (Å²) >= 11 is 2.58. The molecule has 0 spiro atoms. The lowest BCUT2D eigenvalue weighted by Gasteiger charge is -2.35. The van der Waals surface area contributed by atoms with Gasteiger partial charge in [0.2, 0.25) is 0 Å². The summed E-state index contributed by atoms with van der Waals surface area (Å²) in [5, 5.41) is 11.8. The monoisotopic (exact) mass is 346 g/mol. The molecule has 0 atom stereocenters. The first-order valence-electron chi connectivity index (χ1n) is 7.43. The molecule has 2 aromatic rings. The average Bonchev–Trinajstić information content (AvgIpc) is 3.15. The van der Waals surface area contributed by atoms with Gasteiger partial charge in [0.25, 0.3) is 0 Å². The Hall–Kier alpha value is -1.73. The largest absolute Gasteiger partial charge is 0.289 e. The quantitative estimate of drug-likeness (QED) is 0.772. The summed E-state index contributed by atoms with van der Waals surface area (Å²) in [6.45, 7) is 6.66. The highest BCUT2D eigenvalue weighted by atomic mass is 32.1. The first kappa shape index (κ1) is 16.1. The molecule has 1 aliphatic rings. The van der Waals surface area contributed by atoms with Crippen molar-refractivity contribution >= 4 is 41.0 Å².